The van der Waals surface area contributed by atoms with Crippen molar-refractivity contribution < 1.29 is 14.3 Å². The average Bonchev–Trinajstić information content (AvgIpc) is 2.84. The van der Waals surface area contributed by atoms with Gasteiger partial charge in [0.1, 0.15) is 11.8 Å². The second-order valence-corrected chi connectivity index (χ2v) is 10.6. The van der Waals surface area contributed by atoms with Gasteiger partial charge in [-0.2, -0.15) is 0 Å². The normalized spacial score (nSPS) is 11.7. The summed E-state index contributed by atoms with van der Waals surface area (Å²) in [6, 6.07) is 21.3. The summed E-state index contributed by atoms with van der Waals surface area (Å²) < 4.78 is 6.58. The SMILES string of the molecule is CC(C)CNC(=O)[C@H](Cc1ccccc1)N(Cc1cccc(Cl)c1)C(=O)COc1ccc(Br)cc1Cl. The molecule has 5 nitrogen and oxygen atoms in total. The lowest BCUT2D eigenvalue weighted by molar-refractivity contribution is -0.142. The summed E-state index contributed by atoms with van der Waals surface area (Å²) >= 11 is 15.8. The molecule has 0 aliphatic rings. The highest BCUT2D eigenvalue weighted by Gasteiger charge is 2.31. The van der Waals surface area contributed by atoms with Gasteiger partial charge in [0.15, 0.2) is 6.61 Å². The van der Waals surface area contributed by atoms with Crippen LogP contribution in [0.2, 0.25) is 10.0 Å². The number of hydrogen-bond acceptors (Lipinski definition) is 3. The van der Waals surface area contributed by atoms with Crippen molar-refractivity contribution in [2.24, 2.45) is 5.92 Å². The Balaban J connectivity index is 1.91. The highest BCUT2D eigenvalue weighted by atomic mass is 79.9. The largest absolute Gasteiger partial charge is 0.482 e. The summed E-state index contributed by atoms with van der Waals surface area (Å²) in [7, 11) is 0. The maximum atomic E-state index is 13.6. The minimum atomic E-state index is -0.748. The second kappa shape index (κ2) is 13.7. The minimum absolute atomic E-state index is 0.198. The van der Waals surface area contributed by atoms with Gasteiger partial charge in [-0.25, -0.2) is 0 Å². The van der Waals surface area contributed by atoms with E-state index in [9.17, 15) is 9.59 Å². The van der Waals surface area contributed by atoms with Gasteiger partial charge < -0.3 is 15.0 Å². The van der Waals surface area contributed by atoms with E-state index in [1.807, 2.05) is 56.3 Å². The number of benzene rings is 3. The number of nitrogens with one attached hydrogen (secondary N) is 1. The Morgan fingerprint density at radius 2 is 1.69 bits per heavy atom. The average molecular weight is 592 g/mol. The van der Waals surface area contributed by atoms with Crippen LogP contribution in [0.4, 0.5) is 0 Å². The molecule has 1 N–H and O–H groups in total. The molecule has 2 amide bonds. The lowest BCUT2D eigenvalue weighted by Gasteiger charge is -2.31. The molecule has 1 atom stereocenters. The molecule has 3 rings (SSSR count). The Kier molecular flexibility index (Phi) is 10.7. The summed E-state index contributed by atoms with van der Waals surface area (Å²) in [6.45, 7) is 4.48. The van der Waals surface area contributed by atoms with Crippen LogP contribution in [-0.4, -0.2) is 35.9 Å². The molecule has 190 valence electrons. The van der Waals surface area contributed by atoms with Crippen LogP contribution >= 0.6 is 39.1 Å². The third kappa shape index (κ3) is 8.54. The van der Waals surface area contributed by atoms with E-state index in [-0.39, 0.29) is 30.9 Å². The van der Waals surface area contributed by atoms with Crippen molar-refractivity contribution in [2.45, 2.75) is 32.9 Å². The van der Waals surface area contributed by atoms with Gasteiger partial charge in [0.05, 0.1) is 5.02 Å². The first kappa shape index (κ1) is 28.0. The zero-order valence-electron chi connectivity index (χ0n) is 20.2. The van der Waals surface area contributed by atoms with E-state index in [1.165, 1.54) is 0 Å². The van der Waals surface area contributed by atoms with Crippen molar-refractivity contribution >= 4 is 50.9 Å². The van der Waals surface area contributed by atoms with Crippen LogP contribution in [0, 0.1) is 5.92 Å². The number of hydrogen-bond donors (Lipinski definition) is 1. The number of carbonyl (C=O) groups is 2. The van der Waals surface area contributed by atoms with Crippen LogP contribution in [-0.2, 0) is 22.6 Å². The molecule has 0 spiro atoms. The van der Waals surface area contributed by atoms with Gasteiger partial charge in [0.2, 0.25) is 5.91 Å². The van der Waals surface area contributed by atoms with Crippen LogP contribution in [0.1, 0.15) is 25.0 Å². The Labute approximate surface area is 230 Å². The minimum Gasteiger partial charge on any atom is -0.482 e. The van der Waals surface area contributed by atoms with Gasteiger partial charge in [-0.1, -0.05) is 95.4 Å². The molecule has 0 saturated carbocycles. The van der Waals surface area contributed by atoms with Crippen LogP contribution in [0.15, 0.2) is 77.3 Å². The molecule has 0 radical (unpaired) electrons. The van der Waals surface area contributed by atoms with Crippen molar-refractivity contribution in [1.82, 2.24) is 10.2 Å². The molecule has 0 fully saturated rings. The number of rotatable bonds is 11. The van der Waals surface area contributed by atoms with E-state index in [2.05, 4.69) is 21.2 Å². The fraction of sp³-hybridized carbons (Fsp3) is 0.286. The van der Waals surface area contributed by atoms with Crippen molar-refractivity contribution in [3.8, 4) is 5.75 Å². The van der Waals surface area contributed by atoms with Crippen LogP contribution in [0.25, 0.3) is 0 Å². The van der Waals surface area contributed by atoms with E-state index < -0.39 is 6.04 Å². The van der Waals surface area contributed by atoms with Crippen molar-refractivity contribution in [1.29, 1.82) is 0 Å². The summed E-state index contributed by atoms with van der Waals surface area (Å²) in [5, 5.41) is 3.94. The number of nitrogens with zero attached hydrogens (tertiary/aromatic N) is 1. The van der Waals surface area contributed by atoms with E-state index in [0.29, 0.717) is 28.8 Å². The monoisotopic (exact) mass is 590 g/mol. The molecular formula is C28H29BrCl2N2O3. The summed E-state index contributed by atoms with van der Waals surface area (Å²) in [6.07, 6.45) is 0.357. The molecule has 0 saturated heterocycles. The first-order valence-electron chi connectivity index (χ1n) is 11.7. The van der Waals surface area contributed by atoms with E-state index >= 15 is 0 Å². The zero-order valence-corrected chi connectivity index (χ0v) is 23.3. The highest BCUT2D eigenvalue weighted by molar-refractivity contribution is 9.10. The fourth-order valence-corrected chi connectivity index (χ4v) is 4.56. The third-order valence-corrected chi connectivity index (χ3v) is 6.47. The van der Waals surface area contributed by atoms with Crippen molar-refractivity contribution in [3.63, 3.8) is 0 Å². The quantitative estimate of drug-likeness (QED) is 0.275. The van der Waals surface area contributed by atoms with Crippen LogP contribution in [0.5, 0.6) is 5.75 Å². The predicted molar refractivity (Wildman–Crippen MR) is 148 cm³/mol. The molecular weight excluding hydrogens is 563 g/mol. The topological polar surface area (TPSA) is 58.6 Å². The smallest absolute Gasteiger partial charge is 0.261 e. The Hall–Kier alpha value is -2.54. The number of halogens is 3. The summed E-state index contributed by atoms with van der Waals surface area (Å²) in [5.74, 6) is 0.102. The maximum absolute atomic E-state index is 13.6. The molecule has 8 heteroatoms. The number of amides is 2. The first-order chi connectivity index (χ1) is 17.2. The van der Waals surface area contributed by atoms with E-state index in [1.54, 1.807) is 35.2 Å². The first-order valence-corrected chi connectivity index (χ1v) is 13.2. The standard InChI is InChI=1S/C28H29BrCl2N2O3/c1-19(2)16-32-28(35)25(14-20-7-4-3-5-8-20)33(17-21-9-6-10-23(30)13-21)27(34)18-36-26-12-11-22(29)15-24(26)31/h3-13,15,19,25H,14,16-18H2,1-2H3,(H,32,35)/t25-/m0/s1. The number of ether oxygens (including phenoxy) is 1. The Morgan fingerprint density at radius 3 is 2.36 bits per heavy atom. The maximum Gasteiger partial charge on any atom is 0.261 e. The molecule has 0 unspecified atom stereocenters. The molecule has 0 aromatic heterocycles. The van der Waals surface area contributed by atoms with Gasteiger partial charge in [-0.15, -0.1) is 0 Å². The lowest BCUT2D eigenvalue weighted by atomic mass is 10.0. The second-order valence-electron chi connectivity index (χ2n) is 8.86. The van der Waals surface area contributed by atoms with Gasteiger partial charge in [0, 0.05) is 29.0 Å². The van der Waals surface area contributed by atoms with Gasteiger partial charge >= 0.3 is 0 Å². The van der Waals surface area contributed by atoms with E-state index in [0.717, 1.165) is 15.6 Å². The van der Waals surface area contributed by atoms with Gasteiger partial charge in [0.25, 0.3) is 5.91 Å². The highest BCUT2D eigenvalue weighted by Crippen LogP contribution is 2.28. The zero-order chi connectivity index (χ0) is 26.1. The Bertz CT molecular complexity index is 1170. The summed E-state index contributed by atoms with van der Waals surface area (Å²) in [5.41, 5.74) is 1.76. The third-order valence-electron chi connectivity index (χ3n) is 5.44. The number of carbonyl (C=O) groups excluding carboxylic acids is 2. The predicted octanol–water partition coefficient (Wildman–Crippen LogP) is 6.55. The van der Waals surface area contributed by atoms with E-state index in [4.69, 9.17) is 27.9 Å². The molecule has 0 bridgehead atoms. The molecule has 3 aromatic rings. The molecule has 0 aliphatic carbocycles. The van der Waals surface area contributed by atoms with Crippen LogP contribution < -0.4 is 10.1 Å². The van der Waals surface area contributed by atoms with Crippen molar-refractivity contribution in [3.05, 3.63) is 98.4 Å². The van der Waals surface area contributed by atoms with Gasteiger partial charge in [-0.05, 0) is 47.4 Å². The lowest BCUT2D eigenvalue weighted by Crippen LogP contribution is -2.52. The molecule has 0 aliphatic heterocycles. The molecule has 36 heavy (non-hydrogen) atoms. The van der Waals surface area contributed by atoms with Crippen LogP contribution in [0.3, 0.4) is 0 Å². The summed E-state index contributed by atoms with van der Waals surface area (Å²) in [4.78, 5) is 28.6. The molecule has 0 heterocycles. The fourth-order valence-electron chi connectivity index (χ4n) is 3.62. The Morgan fingerprint density at radius 1 is 0.972 bits per heavy atom. The van der Waals surface area contributed by atoms with Gasteiger partial charge in [-0.3, -0.25) is 9.59 Å². The molecule has 3 aromatic carbocycles. The van der Waals surface area contributed by atoms with Crippen molar-refractivity contribution in [2.75, 3.05) is 13.2 Å².